The maximum absolute atomic E-state index is 13.2. The fourth-order valence-corrected chi connectivity index (χ4v) is 6.55. The van der Waals surface area contributed by atoms with Crippen LogP contribution in [0.15, 0.2) is 74.0 Å². The number of halogens is 9. The molecular weight excluding hydrogens is 1260 g/mol. The third kappa shape index (κ3) is 26.0. The number of aromatic nitrogens is 11. The first kappa shape index (κ1) is 74.1. The number of fused-ring (bicyclic) bond motifs is 1. The molecule has 0 aliphatic heterocycles. The number of alkyl halides is 6. The molecule has 3 aliphatic carbocycles. The average Bonchev–Trinajstić information content (AvgIpc) is 4.46. The van der Waals surface area contributed by atoms with E-state index in [1.807, 2.05) is 4.57 Å². The molecule has 0 saturated heterocycles. The van der Waals surface area contributed by atoms with Crippen LogP contribution in [0.3, 0.4) is 0 Å². The van der Waals surface area contributed by atoms with Crippen LogP contribution in [0.5, 0.6) is 0 Å². The number of hydrogen-bond acceptors (Lipinski definition) is 20. The number of nitrogens with two attached hydrogens (primary N) is 1. The molecule has 3 saturated carbocycles. The molecule has 0 bridgehead atoms. The first-order chi connectivity index (χ1) is 38.3. The van der Waals surface area contributed by atoms with Gasteiger partial charge in [-0.2, -0.15) is 0 Å². The molecule has 3 fully saturated rings. The van der Waals surface area contributed by atoms with E-state index in [0.29, 0.717) is 56.3 Å². The molecule has 0 radical (unpaired) electrons. The van der Waals surface area contributed by atoms with Crippen molar-refractivity contribution in [2.24, 2.45) is 0 Å². The van der Waals surface area contributed by atoms with Gasteiger partial charge < -0.3 is 46.6 Å². The molecule has 0 aromatic carbocycles. The average molecular weight is 1310 g/mol. The Labute approximate surface area is 567 Å². The van der Waals surface area contributed by atoms with Gasteiger partial charge >= 0.3 is 129 Å². The molecule has 1 unspecified atom stereocenters. The number of pyridine rings is 3. The van der Waals surface area contributed by atoms with Crippen molar-refractivity contribution in [1.29, 1.82) is 0 Å². The predicted molar refractivity (Wildman–Crippen MR) is 284 cm³/mol. The van der Waals surface area contributed by atoms with Crippen LogP contribution in [0.25, 0.3) is 22.6 Å². The zero-order valence-electron chi connectivity index (χ0n) is 44.3. The Morgan fingerprint density at radius 2 is 1.17 bits per heavy atom. The monoisotopic (exact) mass is 1300 g/mol. The van der Waals surface area contributed by atoms with Gasteiger partial charge in [0.25, 0.3) is 25.2 Å². The van der Waals surface area contributed by atoms with E-state index in [9.17, 15) is 35.9 Å². The maximum atomic E-state index is 13.2. The Hall–Kier alpha value is -2.20. The second-order valence-electron chi connectivity index (χ2n) is 17.5. The van der Waals surface area contributed by atoms with E-state index in [0.717, 1.165) is 57.1 Å². The van der Waals surface area contributed by atoms with Crippen LogP contribution in [0.4, 0.5) is 49.4 Å². The van der Waals surface area contributed by atoms with Crippen LogP contribution in [0.1, 0.15) is 122 Å². The third-order valence-corrected chi connectivity index (χ3v) is 10.6. The number of nitrogens with one attached hydrogen (secondary N) is 3. The van der Waals surface area contributed by atoms with Gasteiger partial charge in [0.1, 0.15) is 68.4 Å². The van der Waals surface area contributed by atoms with Crippen molar-refractivity contribution in [1.82, 2.24) is 54.4 Å². The summed E-state index contributed by atoms with van der Waals surface area (Å²) in [6, 6.07) is 10.9. The number of rotatable bonds is 13. The van der Waals surface area contributed by atoms with Crippen molar-refractivity contribution in [2.75, 3.05) is 21.7 Å². The minimum atomic E-state index is -3.15. The van der Waals surface area contributed by atoms with Crippen molar-refractivity contribution in [3.8, 4) is 11.4 Å². The minimum absolute atomic E-state index is 0. The molecule has 7 N–H and O–H groups in total. The number of carboxylic acids is 1. The Balaban J connectivity index is 0.000000276. The number of carbonyl (C=O) groups excluding carboxylic acids is 1. The summed E-state index contributed by atoms with van der Waals surface area (Å²) >= 11 is 20.0. The Morgan fingerprint density at radius 3 is 1.65 bits per heavy atom. The van der Waals surface area contributed by atoms with E-state index in [1.165, 1.54) is 88.3 Å². The number of nitrogen functional groups attached to an aromatic ring is 1. The zero-order chi connectivity index (χ0) is 60.1. The Bertz CT molecular complexity index is 3210. The molecule has 23 nitrogen and oxygen atoms in total. The van der Waals surface area contributed by atoms with Crippen LogP contribution in [0, 0.1) is 0 Å². The van der Waals surface area contributed by atoms with Gasteiger partial charge in [-0.05, 0) is 100 Å². The fraction of sp³-hybridized carbons (Fsp3) is 0.348. The van der Waals surface area contributed by atoms with Crippen molar-refractivity contribution in [2.45, 2.75) is 102 Å². The molecule has 82 heavy (non-hydrogen) atoms. The van der Waals surface area contributed by atoms with Crippen molar-refractivity contribution in [3.05, 3.63) is 118 Å². The molecular formula is C46H46Cl3F6K3N15O8P. The van der Waals surface area contributed by atoms with E-state index < -0.39 is 62.0 Å². The van der Waals surface area contributed by atoms with Gasteiger partial charge in [-0.3, -0.25) is 4.79 Å². The summed E-state index contributed by atoms with van der Waals surface area (Å²) in [5.74, 6) is -0.647. The number of imidazole rings is 1. The van der Waals surface area contributed by atoms with Crippen LogP contribution in [-0.4, -0.2) is 157 Å². The van der Waals surface area contributed by atoms with Gasteiger partial charge in [-0.15, -0.1) is 0 Å². The molecule has 1 amide bonds. The topological polar surface area (TPSA) is 343 Å². The third-order valence-electron chi connectivity index (χ3n) is 9.88. The SMILES string of the molecule is CC(C)(C)O.FC(F)c1ncncc1-c1nc2ccc(Cl)nc2n1C1CC1.Nc1ccc(Cl)nc1NC1CC1.O=C(Nc1ccc(Cl)nc1NC1CC1)c1cncnc1C(F)F.O=C(O)c1cncnc1C(F)F.O=[P+]([O-])O[O-].[K+].[K][K]. The number of nitrogens with zero attached hydrogens (tertiary/aromatic N) is 11. The summed E-state index contributed by atoms with van der Waals surface area (Å²) in [6.45, 7) is 5.23. The second-order valence-corrected chi connectivity index (χ2v) is 19.3. The van der Waals surface area contributed by atoms with Crippen LogP contribution >= 0.6 is 43.1 Å². The van der Waals surface area contributed by atoms with Gasteiger partial charge in [0.05, 0.1) is 28.1 Å². The van der Waals surface area contributed by atoms with Crippen LogP contribution in [-0.2, 0) is 9.24 Å². The van der Waals surface area contributed by atoms with E-state index in [-0.39, 0.29) is 85.4 Å². The summed E-state index contributed by atoms with van der Waals surface area (Å²) in [6.07, 6.45) is 4.13. The number of aromatic carboxylic acids is 1. The number of carbonyl (C=O) groups is 2. The number of amides is 1. The molecule has 0 spiro atoms. The summed E-state index contributed by atoms with van der Waals surface area (Å²) in [4.78, 5) is 69.5. The van der Waals surface area contributed by atoms with E-state index in [1.54, 1.807) is 51.1 Å². The van der Waals surface area contributed by atoms with Gasteiger partial charge in [0.2, 0.25) is 0 Å². The van der Waals surface area contributed by atoms with Gasteiger partial charge in [0, 0.05) is 36.7 Å². The standard InChI is InChI=1S/C14H12ClF2N5O.C14H10ClF2N5.C8H10ClN3.C6H4F2N2O2.C4H10O.3K.HO4P/c15-10-4-3-9(13(22-10)20-7-1-2-7)21-14(23)8-5-18-6-19-11(8)12(16)17;15-10-4-3-9-14(21-10)22(7-1-2-7)13(20-9)8-5-18-6-19-11(8)12(16)17;9-7-4-3-6(10)8(12-7)11-5-1-2-5;7-5(8)4-3(6(11)12)1-9-2-10-4;1-4(2,3)5;;;;1-4-5(2)3/h3-7,12H,1-2H2,(H,20,22)(H,21,23);3-7,12H,1-2H2;3-5H,1-2,10H2,(H,11,12);1-2,5H,(H,11,12);5H,1-3H3;;;;1H/q;;;;;;;+1;/p-1. The predicted octanol–water partition coefficient (Wildman–Crippen LogP) is 5.42. The molecule has 7 heterocycles. The van der Waals surface area contributed by atoms with Gasteiger partial charge in [-0.1, -0.05) is 34.8 Å². The number of anilines is 4. The summed E-state index contributed by atoms with van der Waals surface area (Å²) in [5.41, 5.74) is 5.13. The first-order valence-corrected chi connectivity index (χ1v) is 42.2. The molecule has 7 aromatic heterocycles. The summed E-state index contributed by atoms with van der Waals surface area (Å²) < 4.78 is 89.5. The molecule has 36 heteroatoms. The molecule has 424 valence electrons. The van der Waals surface area contributed by atoms with Crippen molar-refractivity contribution < 1.29 is 117 Å². The number of aliphatic hydroxyl groups is 1. The van der Waals surface area contributed by atoms with Crippen molar-refractivity contribution in [3.63, 3.8) is 0 Å². The molecule has 1 atom stereocenters. The molecule has 3 aliphatic rings. The van der Waals surface area contributed by atoms with Crippen LogP contribution in [0.2, 0.25) is 15.5 Å². The normalized spacial score (nSPS) is 13.3. The van der Waals surface area contributed by atoms with Gasteiger partial charge in [0.15, 0.2) is 17.3 Å². The number of carboxylic acid groups (broad SMARTS) is 1. The van der Waals surface area contributed by atoms with Crippen molar-refractivity contribution >= 4 is 152 Å². The second kappa shape index (κ2) is 36.8. The van der Waals surface area contributed by atoms with Crippen LogP contribution < -0.4 is 83.2 Å². The number of hydrogen-bond donors (Lipinski definition) is 6. The van der Waals surface area contributed by atoms with Gasteiger partial charge in [-0.25, -0.2) is 85.7 Å². The van der Waals surface area contributed by atoms with E-state index >= 15 is 0 Å². The zero-order valence-corrected chi connectivity index (χ0v) is 56.9. The first-order valence-electron chi connectivity index (χ1n) is 24.0. The molecule has 10 rings (SSSR count). The molecule has 7 aromatic rings. The van der Waals surface area contributed by atoms with E-state index in [2.05, 4.69) is 70.5 Å². The van der Waals surface area contributed by atoms with E-state index in [4.69, 9.17) is 65.5 Å². The fourth-order valence-electron chi connectivity index (χ4n) is 6.11. The Morgan fingerprint density at radius 1 is 0.732 bits per heavy atom. The Kier molecular flexibility index (Phi) is 33.3. The summed E-state index contributed by atoms with van der Waals surface area (Å²) in [5, 5.41) is 35.4. The summed E-state index contributed by atoms with van der Waals surface area (Å²) in [7, 11) is -3.15. The quantitative estimate of drug-likeness (QED) is 0.0209.